The molecule has 0 saturated carbocycles. The molecule has 0 aliphatic rings. The van der Waals surface area contributed by atoms with E-state index < -0.39 is 5.97 Å². The van der Waals surface area contributed by atoms with Gasteiger partial charge in [-0.25, -0.2) is 0 Å². The van der Waals surface area contributed by atoms with Crippen LogP contribution in [0.3, 0.4) is 0 Å². The van der Waals surface area contributed by atoms with Crippen LogP contribution in [0.4, 0.5) is 0 Å². The number of likely N-dealkylation sites (N-methyl/N-ethyl adjacent to an activating group) is 1. The van der Waals surface area contributed by atoms with Crippen molar-refractivity contribution in [2.24, 2.45) is 0 Å². The van der Waals surface area contributed by atoms with Crippen molar-refractivity contribution in [3.63, 3.8) is 0 Å². The molecule has 4 nitrogen and oxygen atoms in total. The lowest BCUT2D eigenvalue weighted by Gasteiger charge is -2.17. The Morgan fingerprint density at radius 3 is 2.55 bits per heavy atom. The topological polar surface area (TPSA) is 53.4 Å². The summed E-state index contributed by atoms with van der Waals surface area (Å²) in [4.78, 5) is 16.9. The van der Waals surface area contributed by atoms with E-state index in [2.05, 4.69) is 29.1 Å². The summed E-state index contributed by atoms with van der Waals surface area (Å²) in [5, 5.41) is 8.76. The Labute approximate surface area is 131 Å². The highest BCUT2D eigenvalue weighted by Gasteiger charge is 2.04. The van der Waals surface area contributed by atoms with Gasteiger partial charge in [-0.15, -0.1) is 0 Å². The average Bonchev–Trinajstić information content (AvgIpc) is 2.52. The molecule has 4 heteroatoms. The van der Waals surface area contributed by atoms with Crippen LogP contribution in [0.5, 0.6) is 0 Å². The van der Waals surface area contributed by atoms with Crippen molar-refractivity contribution >= 4 is 5.97 Å². The lowest BCUT2D eigenvalue weighted by molar-refractivity contribution is -0.136. The maximum absolute atomic E-state index is 10.6. The first-order valence-corrected chi connectivity index (χ1v) is 7.50. The molecular weight excluding hydrogens is 276 g/mol. The molecule has 1 N–H and O–H groups in total. The lowest BCUT2D eigenvalue weighted by atomic mass is 10.1. The van der Waals surface area contributed by atoms with E-state index >= 15 is 0 Å². The highest BCUT2D eigenvalue weighted by Crippen LogP contribution is 2.10. The molecule has 0 amide bonds. The molecular formula is C18H22N2O2. The summed E-state index contributed by atoms with van der Waals surface area (Å²) in [5.74, 6) is -0.750. The third-order valence-electron chi connectivity index (χ3n) is 3.60. The van der Waals surface area contributed by atoms with Crippen LogP contribution in [0.25, 0.3) is 0 Å². The maximum Gasteiger partial charge on any atom is 0.303 e. The van der Waals surface area contributed by atoms with Crippen molar-refractivity contribution in [2.75, 3.05) is 13.6 Å². The zero-order valence-corrected chi connectivity index (χ0v) is 12.9. The summed E-state index contributed by atoms with van der Waals surface area (Å²) in [6, 6.07) is 12.3. The van der Waals surface area contributed by atoms with Crippen molar-refractivity contribution in [3.05, 3.63) is 65.5 Å². The molecule has 0 saturated heterocycles. The first kappa shape index (κ1) is 16.2. The third-order valence-corrected chi connectivity index (χ3v) is 3.60. The minimum atomic E-state index is -0.750. The van der Waals surface area contributed by atoms with E-state index in [1.54, 1.807) is 0 Å². The summed E-state index contributed by atoms with van der Waals surface area (Å²) in [5.41, 5.74) is 3.60. The van der Waals surface area contributed by atoms with Crippen LogP contribution in [0, 0.1) is 0 Å². The molecule has 0 spiro atoms. The second-order valence-electron chi connectivity index (χ2n) is 5.56. The minimum absolute atomic E-state index is 0.182. The predicted molar refractivity (Wildman–Crippen MR) is 86.7 cm³/mol. The molecule has 0 atom stereocenters. The van der Waals surface area contributed by atoms with Gasteiger partial charge in [0.15, 0.2) is 0 Å². The maximum atomic E-state index is 10.6. The number of carbonyl (C=O) groups is 1. The van der Waals surface area contributed by atoms with E-state index in [-0.39, 0.29) is 6.42 Å². The molecule has 1 heterocycles. The van der Waals surface area contributed by atoms with Crippen molar-refractivity contribution < 1.29 is 9.90 Å². The Bertz CT molecular complexity index is 599. The van der Waals surface area contributed by atoms with E-state index in [0.29, 0.717) is 6.42 Å². The number of hydrogen-bond donors (Lipinski definition) is 1. The number of pyridine rings is 1. The van der Waals surface area contributed by atoms with Crippen LogP contribution >= 0.6 is 0 Å². The van der Waals surface area contributed by atoms with E-state index in [1.165, 1.54) is 11.1 Å². The highest BCUT2D eigenvalue weighted by molar-refractivity contribution is 5.67. The van der Waals surface area contributed by atoms with Crippen LogP contribution in [0.15, 0.2) is 48.8 Å². The van der Waals surface area contributed by atoms with Gasteiger partial charge in [-0.3, -0.25) is 9.78 Å². The SMILES string of the molecule is CN(CCc1ccncc1)Cc1cccc(CCC(=O)O)c1. The van der Waals surface area contributed by atoms with Gasteiger partial charge in [0.25, 0.3) is 0 Å². The summed E-state index contributed by atoms with van der Waals surface area (Å²) in [6.45, 7) is 1.84. The van der Waals surface area contributed by atoms with Gasteiger partial charge in [0.05, 0.1) is 0 Å². The molecule has 0 unspecified atom stereocenters. The molecule has 0 bridgehead atoms. The first-order valence-electron chi connectivity index (χ1n) is 7.50. The number of aryl methyl sites for hydroxylation is 1. The largest absolute Gasteiger partial charge is 0.481 e. The lowest BCUT2D eigenvalue weighted by Crippen LogP contribution is -2.20. The van der Waals surface area contributed by atoms with Gasteiger partial charge in [-0.1, -0.05) is 24.3 Å². The number of benzene rings is 1. The van der Waals surface area contributed by atoms with E-state index in [0.717, 1.165) is 25.1 Å². The molecule has 0 aliphatic carbocycles. The van der Waals surface area contributed by atoms with Gasteiger partial charge < -0.3 is 10.0 Å². The van der Waals surface area contributed by atoms with Crippen molar-refractivity contribution in [3.8, 4) is 0 Å². The molecule has 1 aromatic heterocycles. The van der Waals surface area contributed by atoms with Crippen LogP contribution in [-0.4, -0.2) is 34.6 Å². The summed E-state index contributed by atoms with van der Waals surface area (Å²) < 4.78 is 0. The molecule has 116 valence electrons. The fourth-order valence-electron chi connectivity index (χ4n) is 2.39. The fraction of sp³-hybridized carbons (Fsp3) is 0.333. The van der Waals surface area contributed by atoms with E-state index in [9.17, 15) is 4.79 Å². The second-order valence-corrected chi connectivity index (χ2v) is 5.56. The zero-order valence-electron chi connectivity index (χ0n) is 12.9. The first-order chi connectivity index (χ1) is 10.6. The Kier molecular flexibility index (Phi) is 6.10. The highest BCUT2D eigenvalue weighted by atomic mass is 16.4. The van der Waals surface area contributed by atoms with Crippen LogP contribution in [0.2, 0.25) is 0 Å². The van der Waals surface area contributed by atoms with Crippen molar-refractivity contribution in [2.45, 2.75) is 25.8 Å². The average molecular weight is 298 g/mol. The quantitative estimate of drug-likeness (QED) is 0.814. The number of aromatic nitrogens is 1. The Hall–Kier alpha value is -2.20. The number of carboxylic acid groups (broad SMARTS) is 1. The number of hydrogen-bond acceptors (Lipinski definition) is 3. The molecule has 2 aromatic rings. The van der Waals surface area contributed by atoms with E-state index in [1.807, 2.05) is 36.7 Å². The van der Waals surface area contributed by atoms with Gasteiger partial charge in [0, 0.05) is 31.9 Å². The molecule has 22 heavy (non-hydrogen) atoms. The number of aliphatic carboxylic acids is 1. The summed E-state index contributed by atoms with van der Waals surface area (Å²) in [6.07, 6.45) is 5.41. The van der Waals surface area contributed by atoms with Crippen LogP contribution < -0.4 is 0 Å². The predicted octanol–water partition coefficient (Wildman–Crippen LogP) is 2.77. The summed E-state index contributed by atoms with van der Waals surface area (Å²) >= 11 is 0. The van der Waals surface area contributed by atoms with Gasteiger partial charge in [-0.05, 0) is 48.7 Å². The smallest absolute Gasteiger partial charge is 0.303 e. The summed E-state index contributed by atoms with van der Waals surface area (Å²) in [7, 11) is 2.10. The molecule has 0 radical (unpaired) electrons. The molecule has 0 fully saturated rings. The fourth-order valence-corrected chi connectivity index (χ4v) is 2.39. The number of rotatable bonds is 8. The van der Waals surface area contributed by atoms with Crippen LogP contribution in [-0.2, 0) is 24.2 Å². The van der Waals surface area contributed by atoms with Gasteiger partial charge in [0.2, 0.25) is 0 Å². The molecule has 2 rings (SSSR count). The van der Waals surface area contributed by atoms with Crippen molar-refractivity contribution in [1.29, 1.82) is 0 Å². The van der Waals surface area contributed by atoms with Gasteiger partial charge in [0.1, 0.15) is 0 Å². The standard InChI is InChI=1S/C18H22N2O2/c1-20(12-9-15-7-10-19-11-8-15)14-17-4-2-3-16(13-17)5-6-18(21)22/h2-4,7-8,10-11,13H,5-6,9,12,14H2,1H3,(H,21,22). The number of carboxylic acids is 1. The number of nitrogens with zero attached hydrogens (tertiary/aromatic N) is 2. The Morgan fingerprint density at radius 2 is 1.82 bits per heavy atom. The Balaban J connectivity index is 1.84. The van der Waals surface area contributed by atoms with E-state index in [4.69, 9.17) is 5.11 Å². The Morgan fingerprint density at radius 1 is 1.09 bits per heavy atom. The monoisotopic (exact) mass is 298 g/mol. The molecule has 0 aliphatic heterocycles. The second kappa shape index (κ2) is 8.29. The van der Waals surface area contributed by atoms with Gasteiger partial charge in [-0.2, -0.15) is 0 Å². The third kappa shape index (κ3) is 5.66. The van der Waals surface area contributed by atoms with Crippen LogP contribution in [0.1, 0.15) is 23.1 Å². The van der Waals surface area contributed by atoms with Gasteiger partial charge >= 0.3 is 5.97 Å². The molecule has 1 aromatic carbocycles. The van der Waals surface area contributed by atoms with Crippen molar-refractivity contribution in [1.82, 2.24) is 9.88 Å². The zero-order chi connectivity index (χ0) is 15.8. The minimum Gasteiger partial charge on any atom is -0.481 e. The normalized spacial score (nSPS) is 10.8.